The van der Waals surface area contributed by atoms with E-state index in [-0.39, 0.29) is 11.7 Å². The molecule has 0 unspecified atom stereocenters. The molecule has 8 nitrogen and oxygen atoms in total. The van der Waals surface area contributed by atoms with Crippen molar-refractivity contribution >= 4 is 17.5 Å². The molecule has 5 rings (SSSR count). The zero-order valence-corrected chi connectivity index (χ0v) is 19.7. The van der Waals surface area contributed by atoms with E-state index in [4.69, 9.17) is 19.4 Å². The van der Waals surface area contributed by atoms with Crippen molar-refractivity contribution in [2.75, 3.05) is 50.2 Å². The molecule has 0 spiro atoms. The first-order chi connectivity index (χ1) is 17.1. The van der Waals surface area contributed by atoms with Gasteiger partial charge in [-0.1, -0.05) is 30.3 Å². The quantitative estimate of drug-likeness (QED) is 0.605. The molecule has 1 aromatic heterocycles. The van der Waals surface area contributed by atoms with Crippen LogP contribution in [0.3, 0.4) is 0 Å². The topological polar surface area (TPSA) is 79.8 Å². The first kappa shape index (κ1) is 23.0. The van der Waals surface area contributed by atoms with Crippen LogP contribution in [-0.2, 0) is 24.1 Å². The summed E-state index contributed by atoms with van der Waals surface area (Å²) in [6.07, 6.45) is 1.14. The summed E-state index contributed by atoms with van der Waals surface area (Å²) in [6.45, 7) is 3.53. The SMILES string of the molecule is COc1ccccc1Cc1nc2c(c(N3CCOCC3)n1)CN(C(=O)Nc1ccccc1F)CC2. The molecule has 0 aliphatic carbocycles. The Labute approximate surface area is 203 Å². The van der Waals surface area contributed by atoms with Crippen molar-refractivity contribution in [2.45, 2.75) is 19.4 Å². The van der Waals surface area contributed by atoms with Crippen molar-refractivity contribution in [2.24, 2.45) is 0 Å². The van der Waals surface area contributed by atoms with Crippen molar-refractivity contribution in [3.63, 3.8) is 0 Å². The van der Waals surface area contributed by atoms with Gasteiger partial charge in [-0.05, 0) is 18.2 Å². The second-order valence-corrected chi connectivity index (χ2v) is 8.56. The van der Waals surface area contributed by atoms with E-state index in [2.05, 4.69) is 10.2 Å². The number of nitrogens with one attached hydrogen (secondary N) is 1. The highest BCUT2D eigenvalue weighted by molar-refractivity contribution is 5.89. The molecule has 3 heterocycles. The molecular weight excluding hydrogens is 449 g/mol. The first-order valence-electron chi connectivity index (χ1n) is 11.8. The van der Waals surface area contributed by atoms with Gasteiger partial charge in [-0.2, -0.15) is 0 Å². The second kappa shape index (κ2) is 10.3. The minimum absolute atomic E-state index is 0.167. The summed E-state index contributed by atoms with van der Waals surface area (Å²) in [5.41, 5.74) is 3.07. The summed E-state index contributed by atoms with van der Waals surface area (Å²) in [5, 5.41) is 2.69. The fourth-order valence-corrected chi connectivity index (χ4v) is 4.51. The highest BCUT2D eigenvalue weighted by Gasteiger charge is 2.29. The van der Waals surface area contributed by atoms with Gasteiger partial charge in [-0.25, -0.2) is 19.2 Å². The van der Waals surface area contributed by atoms with Crippen molar-refractivity contribution in [3.05, 3.63) is 77.0 Å². The molecule has 182 valence electrons. The highest BCUT2D eigenvalue weighted by Crippen LogP contribution is 2.29. The van der Waals surface area contributed by atoms with E-state index < -0.39 is 5.82 Å². The van der Waals surface area contributed by atoms with Gasteiger partial charge in [0.15, 0.2) is 0 Å². The molecule has 1 N–H and O–H groups in total. The molecule has 0 bridgehead atoms. The number of halogens is 1. The number of methoxy groups -OCH3 is 1. The Hall–Kier alpha value is -3.72. The lowest BCUT2D eigenvalue weighted by atomic mass is 10.0. The van der Waals surface area contributed by atoms with E-state index >= 15 is 0 Å². The molecule has 3 aromatic rings. The maximum Gasteiger partial charge on any atom is 0.322 e. The first-order valence-corrected chi connectivity index (χ1v) is 11.8. The number of anilines is 2. The van der Waals surface area contributed by atoms with Crippen LogP contribution < -0.4 is 15.0 Å². The number of urea groups is 1. The van der Waals surface area contributed by atoms with Gasteiger partial charge in [0.1, 0.15) is 23.2 Å². The third-order valence-corrected chi connectivity index (χ3v) is 6.34. The van der Waals surface area contributed by atoms with Crippen LogP contribution in [0.2, 0.25) is 0 Å². The van der Waals surface area contributed by atoms with Gasteiger partial charge >= 0.3 is 6.03 Å². The third kappa shape index (κ3) is 5.05. The zero-order chi connectivity index (χ0) is 24.2. The van der Waals surface area contributed by atoms with Gasteiger partial charge in [-0.3, -0.25) is 0 Å². The molecule has 0 saturated carbocycles. The number of morpholine rings is 1. The van der Waals surface area contributed by atoms with Crippen LogP contribution >= 0.6 is 0 Å². The maximum atomic E-state index is 14.1. The van der Waals surface area contributed by atoms with Gasteiger partial charge in [0.05, 0.1) is 38.2 Å². The summed E-state index contributed by atoms with van der Waals surface area (Å²) in [4.78, 5) is 26.7. The number of rotatable bonds is 5. The lowest BCUT2D eigenvalue weighted by Crippen LogP contribution is -2.42. The van der Waals surface area contributed by atoms with Crippen molar-refractivity contribution in [1.82, 2.24) is 14.9 Å². The van der Waals surface area contributed by atoms with E-state index in [1.54, 1.807) is 30.2 Å². The highest BCUT2D eigenvalue weighted by atomic mass is 19.1. The van der Waals surface area contributed by atoms with E-state index in [0.29, 0.717) is 39.1 Å². The summed E-state index contributed by atoms with van der Waals surface area (Å²) < 4.78 is 25.1. The number of ether oxygens (including phenoxy) is 2. The molecule has 9 heteroatoms. The van der Waals surface area contributed by atoms with E-state index in [0.717, 1.165) is 47.3 Å². The Morgan fingerprint density at radius 2 is 1.86 bits per heavy atom. The Kier molecular flexibility index (Phi) is 6.76. The van der Waals surface area contributed by atoms with Gasteiger partial charge in [0.2, 0.25) is 0 Å². The Bertz CT molecular complexity index is 1220. The van der Waals surface area contributed by atoms with Gasteiger partial charge in [0.25, 0.3) is 0 Å². The van der Waals surface area contributed by atoms with Crippen LogP contribution in [0.4, 0.5) is 20.7 Å². The molecule has 35 heavy (non-hydrogen) atoms. The average Bonchev–Trinajstić information content (AvgIpc) is 2.90. The number of carbonyl (C=O) groups excluding carboxylic acids is 1. The number of nitrogens with zero attached hydrogens (tertiary/aromatic N) is 4. The van der Waals surface area contributed by atoms with Crippen LogP contribution in [0.5, 0.6) is 5.75 Å². The molecule has 1 saturated heterocycles. The van der Waals surface area contributed by atoms with Crippen LogP contribution in [-0.4, -0.2) is 60.9 Å². The monoisotopic (exact) mass is 477 g/mol. The zero-order valence-electron chi connectivity index (χ0n) is 19.7. The molecule has 2 aliphatic heterocycles. The fraction of sp³-hybridized carbons (Fsp3) is 0.346. The normalized spacial score (nSPS) is 15.5. The molecular formula is C26H28FN5O3. The van der Waals surface area contributed by atoms with Gasteiger partial charge in [-0.15, -0.1) is 0 Å². The number of amides is 2. The van der Waals surface area contributed by atoms with Crippen molar-refractivity contribution < 1.29 is 18.7 Å². The summed E-state index contributed by atoms with van der Waals surface area (Å²) >= 11 is 0. The van der Waals surface area contributed by atoms with E-state index in [9.17, 15) is 9.18 Å². The molecule has 2 aromatic carbocycles. The number of carbonyl (C=O) groups is 1. The lowest BCUT2D eigenvalue weighted by molar-refractivity contribution is 0.122. The molecule has 0 radical (unpaired) electrons. The number of hydrogen-bond acceptors (Lipinski definition) is 6. The predicted molar refractivity (Wildman–Crippen MR) is 130 cm³/mol. The number of aromatic nitrogens is 2. The molecule has 0 atom stereocenters. The third-order valence-electron chi connectivity index (χ3n) is 6.34. The maximum absolute atomic E-state index is 14.1. The molecule has 1 fully saturated rings. The fourth-order valence-electron chi connectivity index (χ4n) is 4.51. The lowest BCUT2D eigenvalue weighted by Gasteiger charge is -2.34. The minimum atomic E-state index is -0.461. The van der Waals surface area contributed by atoms with Crippen molar-refractivity contribution in [1.29, 1.82) is 0 Å². The van der Waals surface area contributed by atoms with Crippen LogP contribution in [0.1, 0.15) is 22.6 Å². The smallest absolute Gasteiger partial charge is 0.322 e. The number of para-hydroxylation sites is 2. The number of fused-ring (bicyclic) bond motifs is 1. The van der Waals surface area contributed by atoms with Crippen LogP contribution in [0, 0.1) is 5.82 Å². The number of hydrogen-bond donors (Lipinski definition) is 1. The predicted octanol–water partition coefficient (Wildman–Crippen LogP) is 3.64. The minimum Gasteiger partial charge on any atom is -0.496 e. The van der Waals surface area contributed by atoms with Crippen LogP contribution in [0.25, 0.3) is 0 Å². The Morgan fingerprint density at radius 3 is 2.66 bits per heavy atom. The van der Waals surface area contributed by atoms with Crippen molar-refractivity contribution in [3.8, 4) is 5.75 Å². The molecule has 2 amide bonds. The van der Waals surface area contributed by atoms with E-state index in [1.165, 1.54) is 6.07 Å². The largest absolute Gasteiger partial charge is 0.496 e. The Morgan fingerprint density at radius 1 is 1.09 bits per heavy atom. The van der Waals surface area contributed by atoms with Gasteiger partial charge in [0, 0.05) is 43.6 Å². The van der Waals surface area contributed by atoms with Crippen LogP contribution in [0.15, 0.2) is 48.5 Å². The number of benzene rings is 2. The molecule has 2 aliphatic rings. The Balaban J connectivity index is 1.43. The second-order valence-electron chi connectivity index (χ2n) is 8.56. The summed E-state index contributed by atoms with van der Waals surface area (Å²) in [6, 6.07) is 13.7. The summed E-state index contributed by atoms with van der Waals surface area (Å²) in [7, 11) is 1.66. The average molecular weight is 478 g/mol. The van der Waals surface area contributed by atoms with Gasteiger partial charge < -0.3 is 24.6 Å². The standard InChI is InChI=1S/C26H28FN5O3/c1-34-23-9-5-2-6-18(23)16-24-28-21-10-11-32(26(33)29-22-8-4-3-7-20(22)27)17-19(21)25(30-24)31-12-14-35-15-13-31/h2-9H,10-17H2,1H3,(H,29,33). The van der Waals surface area contributed by atoms with E-state index in [1.807, 2.05) is 24.3 Å². The summed E-state index contributed by atoms with van der Waals surface area (Å²) in [5.74, 6) is 1.90.